The van der Waals surface area contributed by atoms with Gasteiger partial charge in [0.15, 0.2) is 0 Å². The van der Waals surface area contributed by atoms with Crippen LogP contribution in [-0.4, -0.2) is 47.8 Å². The van der Waals surface area contributed by atoms with E-state index in [-0.39, 0.29) is 23.5 Å². The number of hydrogen-bond acceptors (Lipinski definition) is 2. The standard InChI is InChI=1S/C19H25FN2O2/c20-17-7-3-2-6-15(17)8-9-18(23)22-13-10-16(14-22)19(24)21-11-4-1-5-12-21/h2-3,6-7,16H,1,4-5,8-14H2. The predicted molar refractivity (Wildman–Crippen MR) is 89.8 cm³/mol. The third kappa shape index (κ3) is 3.94. The summed E-state index contributed by atoms with van der Waals surface area (Å²) in [4.78, 5) is 28.6. The van der Waals surface area contributed by atoms with Crippen LogP contribution in [0.2, 0.25) is 0 Å². The molecular formula is C19H25FN2O2. The lowest BCUT2D eigenvalue weighted by Crippen LogP contribution is -2.41. The number of hydrogen-bond donors (Lipinski definition) is 0. The Kier molecular flexibility index (Phi) is 5.48. The molecule has 0 radical (unpaired) electrons. The van der Waals surface area contributed by atoms with Crippen molar-refractivity contribution in [2.75, 3.05) is 26.2 Å². The van der Waals surface area contributed by atoms with Crippen LogP contribution in [0.5, 0.6) is 0 Å². The number of benzene rings is 1. The number of rotatable bonds is 4. The molecule has 1 aromatic carbocycles. The molecule has 0 bridgehead atoms. The van der Waals surface area contributed by atoms with Crippen molar-refractivity contribution in [3.05, 3.63) is 35.6 Å². The highest BCUT2D eigenvalue weighted by molar-refractivity contribution is 5.82. The van der Waals surface area contributed by atoms with Gasteiger partial charge in [0.25, 0.3) is 0 Å². The summed E-state index contributed by atoms with van der Waals surface area (Å²) in [6.07, 6.45) is 4.83. The van der Waals surface area contributed by atoms with Crippen LogP contribution in [0, 0.1) is 11.7 Å². The summed E-state index contributed by atoms with van der Waals surface area (Å²) < 4.78 is 13.6. The van der Waals surface area contributed by atoms with Gasteiger partial charge in [-0.15, -0.1) is 0 Å². The molecule has 24 heavy (non-hydrogen) atoms. The van der Waals surface area contributed by atoms with Gasteiger partial charge in [0.05, 0.1) is 5.92 Å². The van der Waals surface area contributed by atoms with Crippen LogP contribution in [0.15, 0.2) is 24.3 Å². The Morgan fingerprint density at radius 3 is 2.54 bits per heavy atom. The third-order valence-electron chi connectivity index (χ3n) is 5.12. The second-order valence-electron chi connectivity index (χ2n) is 6.80. The average Bonchev–Trinajstić information content (AvgIpc) is 3.11. The van der Waals surface area contributed by atoms with E-state index in [0.29, 0.717) is 31.5 Å². The molecule has 5 heteroatoms. The Balaban J connectivity index is 1.48. The van der Waals surface area contributed by atoms with Crippen molar-refractivity contribution < 1.29 is 14.0 Å². The zero-order chi connectivity index (χ0) is 16.9. The van der Waals surface area contributed by atoms with Crippen LogP contribution < -0.4 is 0 Å². The molecule has 3 rings (SSSR count). The first-order valence-electron chi connectivity index (χ1n) is 8.95. The number of nitrogens with zero attached hydrogens (tertiary/aromatic N) is 2. The Morgan fingerprint density at radius 2 is 1.79 bits per heavy atom. The van der Waals surface area contributed by atoms with Crippen LogP contribution in [0.4, 0.5) is 4.39 Å². The Morgan fingerprint density at radius 1 is 1.04 bits per heavy atom. The minimum atomic E-state index is -0.259. The Labute approximate surface area is 142 Å². The molecule has 0 aliphatic carbocycles. The largest absolute Gasteiger partial charge is 0.342 e. The zero-order valence-electron chi connectivity index (χ0n) is 14.0. The van der Waals surface area contributed by atoms with Gasteiger partial charge in [-0.1, -0.05) is 18.2 Å². The molecule has 2 aliphatic heterocycles. The van der Waals surface area contributed by atoms with E-state index in [9.17, 15) is 14.0 Å². The molecule has 2 fully saturated rings. The summed E-state index contributed by atoms with van der Waals surface area (Å²) >= 11 is 0. The van der Waals surface area contributed by atoms with Crippen LogP contribution in [0.25, 0.3) is 0 Å². The molecule has 2 saturated heterocycles. The molecule has 4 nitrogen and oxygen atoms in total. The lowest BCUT2D eigenvalue weighted by atomic mass is 10.0. The van der Waals surface area contributed by atoms with E-state index in [2.05, 4.69) is 0 Å². The summed E-state index contributed by atoms with van der Waals surface area (Å²) in [7, 11) is 0. The zero-order valence-corrected chi connectivity index (χ0v) is 14.0. The fourth-order valence-corrected chi connectivity index (χ4v) is 3.66. The first-order valence-corrected chi connectivity index (χ1v) is 8.95. The van der Waals surface area contributed by atoms with Crippen LogP contribution in [0.3, 0.4) is 0 Å². The highest BCUT2D eigenvalue weighted by Gasteiger charge is 2.33. The summed E-state index contributed by atoms with van der Waals surface area (Å²) in [5.74, 6) is -0.0864. The van der Waals surface area contributed by atoms with E-state index in [4.69, 9.17) is 0 Å². The van der Waals surface area contributed by atoms with Crippen molar-refractivity contribution in [3.63, 3.8) is 0 Å². The molecule has 0 aromatic heterocycles. The van der Waals surface area contributed by atoms with E-state index < -0.39 is 0 Å². The molecule has 1 atom stereocenters. The molecule has 130 valence electrons. The second kappa shape index (κ2) is 7.77. The number of likely N-dealkylation sites (tertiary alicyclic amines) is 2. The monoisotopic (exact) mass is 332 g/mol. The lowest BCUT2D eigenvalue weighted by molar-refractivity contribution is -0.136. The summed E-state index contributed by atoms with van der Waals surface area (Å²) in [5.41, 5.74) is 0.575. The molecule has 1 unspecified atom stereocenters. The van der Waals surface area contributed by atoms with Gasteiger partial charge >= 0.3 is 0 Å². The fraction of sp³-hybridized carbons (Fsp3) is 0.579. The average molecular weight is 332 g/mol. The minimum absolute atomic E-state index is 0.0206. The van der Waals surface area contributed by atoms with Crippen LogP contribution in [-0.2, 0) is 16.0 Å². The van der Waals surface area contributed by atoms with Crippen molar-refractivity contribution in [2.24, 2.45) is 5.92 Å². The van der Waals surface area contributed by atoms with E-state index >= 15 is 0 Å². The second-order valence-corrected chi connectivity index (χ2v) is 6.80. The van der Waals surface area contributed by atoms with Gasteiger partial charge < -0.3 is 9.80 Å². The maximum atomic E-state index is 13.6. The highest BCUT2D eigenvalue weighted by atomic mass is 19.1. The van der Waals surface area contributed by atoms with Crippen molar-refractivity contribution in [1.82, 2.24) is 9.80 Å². The number of carbonyl (C=O) groups is 2. The van der Waals surface area contributed by atoms with Crippen molar-refractivity contribution >= 4 is 11.8 Å². The molecule has 0 spiro atoms. The van der Waals surface area contributed by atoms with Crippen LogP contribution >= 0.6 is 0 Å². The van der Waals surface area contributed by atoms with Gasteiger partial charge in [0.1, 0.15) is 5.82 Å². The van der Waals surface area contributed by atoms with E-state index in [1.54, 1.807) is 23.1 Å². The fourth-order valence-electron chi connectivity index (χ4n) is 3.66. The quantitative estimate of drug-likeness (QED) is 0.850. The van der Waals surface area contributed by atoms with Crippen molar-refractivity contribution in [2.45, 2.75) is 38.5 Å². The lowest BCUT2D eigenvalue weighted by Gasteiger charge is -2.29. The third-order valence-corrected chi connectivity index (χ3v) is 5.12. The molecular weight excluding hydrogens is 307 g/mol. The number of halogens is 1. The topological polar surface area (TPSA) is 40.6 Å². The molecule has 2 amide bonds. The SMILES string of the molecule is O=C(CCc1ccccc1F)N1CCC(C(=O)N2CCCCC2)C1. The minimum Gasteiger partial charge on any atom is -0.342 e. The maximum Gasteiger partial charge on any atom is 0.227 e. The summed E-state index contributed by atoms with van der Waals surface area (Å²) in [5, 5.41) is 0. The van der Waals surface area contributed by atoms with E-state index in [0.717, 1.165) is 32.4 Å². The summed E-state index contributed by atoms with van der Waals surface area (Å²) in [6.45, 7) is 2.87. The first-order chi connectivity index (χ1) is 11.6. The molecule has 2 aliphatic rings. The Bertz CT molecular complexity index is 599. The predicted octanol–water partition coefficient (Wildman–Crippen LogP) is 2.62. The Hall–Kier alpha value is -1.91. The van der Waals surface area contributed by atoms with Gasteiger partial charge in [-0.25, -0.2) is 4.39 Å². The molecule has 2 heterocycles. The number of amides is 2. The number of aryl methyl sites for hydroxylation is 1. The van der Waals surface area contributed by atoms with E-state index in [1.165, 1.54) is 12.5 Å². The molecule has 0 saturated carbocycles. The molecule has 1 aromatic rings. The number of piperidine rings is 1. The van der Waals surface area contributed by atoms with Gasteiger partial charge in [-0.05, 0) is 43.7 Å². The van der Waals surface area contributed by atoms with Gasteiger partial charge in [-0.2, -0.15) is 0 Å². The first kappa shape index (κ1) is 16.9. The van der Waals surface area contributed by atoms with E-state index in [1.807, 2.05) is 4.90 Å². The molecule has 0 N–H and O–H groups in total. The van der Waals surface area contributed by atoms with Gasteiger partial charge in [-0.3, -0.25) is 9.59 Å². The van der Waals surface area contributed by atoms with Crippen molar-refractivity contribution in [1.29, 1.82) is 0 Å². The normalized spacial score (nSPS) is 21.1. The van der Waals surface area contributed by atoms with Gasteiger partial charge in [0.2, 0.25) is 11.8 Å². The summed E-state index contributed by atoms with van der Waals surface area (Å²) in [6, 6.07) is 6.57. The van der Waals surface area contributed by atoms with Crippen LogP contribution in [0.1, 0.15) is 37.7 Å². The van der Waals surface area contributed by atoms with Crippen molar-refractivity contribution in [3.8, 4) is 0 Å². The number of carbonyl (C=O) groups excluding carboxylic acids is 2. The smallest absolute Gasteiger partial charge is 0.227 e. The highest BCUT2D eigenvalue weighted by Crippen LogP contribution is 2.22. The maximum absolute atomic E-state index is 13.6. The van der Waals surface area contributed by atoms with Gasteiger partial charge in [0, 0.05) is 32.6 Å².